The molecule has 0 N–H and O–H groups in total. The van der Waals surface area contributed by atoms with Crippen molar-refractivity contribution in [2.24, 2.45) is 0 Å². The van der Waals surface area contributed by atoms with Crippen molar-refractivity contribution in [2.45, 2.75) is 5.92 Å². The third-order valence-electron chi connectivity index (χ3n) is 1.96. The summed E-state index contributed by atoms with van der Waals surface area (Å²) in [7, 11) is 0. The Morgan fingerprint density at radius 2 is 2.00 bits per heavy atom. The van der Waals surface area contributed by atoms with Crippen molar-refractivity contribution in [2.75, 3.05) is 0 Å². The van der Waals surface area contributed by atoms with Gasteiger partial charge >= 0.3 is 0 Å². The Kier molecular flexibility index (Phi) is 3.49. The van der Waals surface area contributed by atoms with E-state index in [1.54, 1.807) is 0 Å². The van der Waals surface area contributed by atoms with Crippen molar-refractivity contribution in [3.63, 3.8) is 0 Å². The Morgan fingerprint density at radius 1 is 1.31 bits per heavy atom. The molecule has 0 bridgehead atoms. The van der Waals surface area contributed by atoms with Gasteiger partial charge in [-0.05, 0) is 34.0 Å². The number of hydrogen-bond acceptors (Lipinski definition) is 0. The first-order valence-corrected chi connectivity index (χ1v) is 4.86. The average Bonchev–Trinajstić information content (AvgIpc) is 2.17. The Labute approximate surface area is 88.1 Å². The van der Waals surface area contributed by atoms with Crippen LogP contribution in [-0.4, -0.2) is 0 Å². The fourth-order valence-electron chi connectivity index (χ4n) is 1.14. The van der Waals surface area contributed by atoms with Crippen LogP contribution in [0.3, 0.4) is 0 Å². The highest BCUT2D eigenvalue weighted by Gasteiger charge is 2.07. The molecular weight excluding hydrogens is 224 g/mol. The molecule has 0 amide bonds. The van der Waals surface area contributed by atoms with Gasteiger partial charge in [-0.15, -0.1) is 6.58 Å². The molecule has 1 atom stereocenters. The molecule has 0 aromatic heterocycles. The largest absolute Gasteiger partial charge is 0.102 e. The molecule has 13 heavy (non-hydrogen) atoms. The molecule has 0 heterocycles. The van der Waals surface area contributed by atoms with Crippen LogP contribution in [0.4, 0.5) is 0 Å². The summed E-state index contributed by atoms with van der Waals surface area (Å²) in [5.74, 6) is 0.120. The number of halogens is 1. The van der Waals surface area contributed by atoms with Crippen LogP contribution in [0, 0.1) is 6.92 Å². The predicted octanol–water partition coefficient (Wildman–Crippen LogP) is 4.20. The minimum atomic E-state index is 0.120. The van der Waals surface area contributed by atoms with E-state index < -0.39 is 0 Å². The molecule has 0 saturated heterocycles. The van der Waals surface area contributed by atoms with Gasteiger partial charge in [-0.3, -0.25) is 0 Å². The van der Waals surface area contributed by atoms with Crippen LogP contribution < -0.4 is 0 Å². The van der Waals surface area contributed by atoms with Crippen molar-refractivity contribution in [1.29, 1.82) is 0 Å². The van der Waals surface area contributed by atoms with Gasteiger partial charge in [0.05, 0.1) is 0 Å². The molecular formula is C12H12Br. The van der Waals surface area contributed by atoms with E-state index in [9.17, 15) is 0 Å². The second-order valence-corrected chi connectivity index (χ2v) is 3.59. The number of rotatable bonds is 3. The fraction of sp³-hybridized carbons (Fsp3) is 0.0833. The zero-order valence-corrected chi connectivity index (χ0v) is 9.05. The van der Waals surface area contributed by atoms with Gasteiger partial charge in [0, 0.05) is 10.4 Å². The maximum Gasteiger partial charge on any atom is 0.0285 e. The molecule has 0 fully saturated rings. The molecule has 1 heteroatoms. The molecule has 1 rings (SSSR count). The summed E-state index contributed by atoms with van der Waals surface area (Å²) in [5, 5.41) is 0. The maximum absolute atomic E-state index is 3.98. The number of allylic oxidation sites excluding steroid dienone is 1. The van der Waals surface area contributed by atoms with Crippen LogP contribution in [0.2, 0.25) is 0 Å². The molecule has 0 saturated carbocycles. The lowest BCUT2D eigenvalue weighted by Gasteiger charge is -2.10. The SMILES string of the molecule is [CH2]C(C=C)c1cccc(C=C)c1Br. The Bertz CT molecular complexity index is 326. The second kappa shape index (κ2) is 4.43. The zero-order chi connectivity index (χ0) is 9.84. The van der Waals surface area contributed by atoms with E-state index in [0.29, 0.717) is 0 Å². The van der Waals surface area contributed by atoms with Gasteiger partial charge < -0.3 is 0 Å². The van der Waals surface area contributed by atoms with E-state index in [1.807, 2.05) is 30.4 Å². The monoisotopic (exact) mass is 235 g/mol. The van der Waals surface area contributed by atoms with Gasteiger partial charge in [-0.1, -0.05) is 36.9 Å². The topological polar surface area (TPSA) is 0 Å². The summed E-state index contributed by atoms with van der Waals surface area (Å²) in [6, 6.07) is 6.05. The van der Waals surface area contributed by atoms with Crippen molar-refractivity contribution in [3.05, 3.63) is 60.0 Å². The molecule has 1 radical (unpaired) electrons. The molecule has 1 aromatic carbocycles. The molecule has 0 aliphatic heterocycles. The van der Waals surface area contributed by atoms with Crippen molar-refractivity contribution < 1.29 is 0 Å². The van der Waals surface area contributed by atoms with E-state index in [2.05, 4.69) is 36.0 Å². The predicted molar refractivity (Wildman–Crippen MR) is 62.5 cm³/mol. The molecule has 67 valence electrons. The highest BCUT2D eigenvalue weighted by Crippen LogP contribution is 2.28. The molecule has 1 aromatic rings. The van der Waals surface area contributed by atoms with Crippen LogP contribution >= 0.6 is 15.9 Å². The Balaban J connectivity index is 3.22. The van der Waals surface area contributed by atoms with Crippen LogP contribution in [0.5, 0.6) is 0 Å². The summed E-state index contributed by atoms with van der Waals surface area (Å²) in [6.07, 6.45) is 3.65. The molecule has 0 aliphatic carbocycles. The smallest absolute Gasteiger partial charge is 0.0285 e. The quantitative estimate of drug-likeness (QED) is 0.690. The van der Waals surface area contributed by atoms with Crippen molar-refractivity contribution in [3.8, 4) is 0 Å². The van der Waals surface area contributed by atoms with E-state index in [1.165, 1.54) is 0 Å². The van der Waals surface area contributed by atoms with Gasteiger partial charge in [0.1, 0.15) is 0 Å². The minimum absolute atomic E-state index is 0.120. The zero-order valence-electron chi connectivity index (χ0n) is 7.46. The summed E-state index contributed by atoms with van der Waals surface area (Å²) >= 11 is 3.52. The highest BCUT2D eigenvalue weighted by molar-refractivity contribution is 9.10. The van der Waals surface area contributed by atoms with Gasteiger partial charge in [0.2, 0.25) is 0 Å². The first-order chi connectivity index (χ1) is 6.20. The highest BCUT2D eigenvalue weighted by atomic mass is 79.9. The lowest BCUT2D eigenvalue weighted by atomic mass is 9.99. The van der Waals surface area contributed by atoms with E-state index >= 15 is 0 Å². The van der Waals surface area contributed by atoms with Gasteiger partial charge in [0.25, 0.3) is 0 Å². The van der Waals surface area contributed by atoms with Crippen molar-refractivity contribution >= 4 is 22.0 Å². The molecule has 0 aliphatic rings. The lowest BCUT2D eigenvalue weighted by molar-refractivity contribution is 1.07. The van der Waals surface area contributed by atoms with Crippen LogP contribution in [0.1, 0.15) is 17.0 Å². The van der Waals surface area contributed by atoms with Crippen molar-refractivity contribution in [1.82, 2.24) is 0 Å². The first kappa shape index (κ1) is 10.3. The third kappa shape index (κ3) is 2.10. The Morgan fingerprint density at radius 3 is 2.54 bits per heavy atom. The molecule has 0 nitrogen and oxygen atoms in total. The number of benzene rings is 1. The van der Waals surface area contributed by atoms with Crippen LogP contribution in [0.15, 0.2) is 41.9 Å². The van der Waals surface area contributed by atoms with E-state index in [-0.39, 0.29) is 5.92 Å². The first-order valence-electron chi connectivity index (χ1n) is 4.07. The molecule has 1 unspecified atom stereocenters. The van der Waals surface area contributed by atoms with Gasteiger partial charge in [-0.25, -0.2) is 0 Å². The summed E-state index contributed by atoms with van der Waals surface area (Å²) < 4.78 is 1.06. The minimum Gasteiger partial charge on any atom is -0.102 e. The van der Waals surface area contributed by atoms with E-state index in [0.717, 1.165) is 15.6 Å². The Hall–Kier alpha value is -0.820. The average molecular weight is 236 g/mol. The summed E-state index contributed by atoms with van der Waals surface area (Å²) in [4.78, 5) is 0. The van der Waals surface area contributed by atoms with Crippen LogP contribution in [0.25, 0.3) is 6.08 Å². The second-order valence-electron chi connectivity index (χ2n) is 2.80. The van der Waals surface area contributed by atoms with Crippen LogP contribution in [-0.2, 0) is 0 Å². The fourth-order valence-corrected chi connectivity index (χ4v) is 1.86. The van der Waals surface area contributed by atoms with E-state index in [4.69, 9.17) is 0 Å². The normalized spacial score (nSPS) is 12.2. The standard InChI is InChI=1S/C12H12Br/c1-4-9(3)11-8-6-7-10(5-2)12(11)13/h4-9H,1-3H2. The number of hydrogen-bond donors (Lipinski definition) is 0. The van der Waals surface area contributed by atoms with Gasteiger partial charge in [0.15, 0.2) is 0 Å². The van der Waals surface area contributed by atoms with Gasteiger partial charge in [-0.2, -0.15) is 0 Å². The summed E-state index contributed by atoms with van der Waals surface area (Å²) in [6.45, 7) is 11.4. The third-order valence-corrected chi connectivity index (χ3v) is 2.88. The summed E-state index contributed by atoms with van der Waals surface area (Å²) in [5.41, 5.74) is 2.24. The maximum atomic E-state index is 3.98. The molecule has 0 spiro atoms. The lowest BCUT2D eigenvalue weighted by Crippen LogP contribution is -1.92.